The highest BCUT2D eigenvalue weighted by Crippen LogP contribution is 2.27. The van der Waals surface area contributed by atoms with Gasteiger partial charge in [-0.3, -0.25) is 0 Å². The van der Waals surface area contributed by atoms with Crippen LogP contribution in [0.1, 0.15) is 22.3 Å². The van der Waals surface area contributed by atoms with E-state index < -0.39 is 0 Å². The van der Waals surface area contributed by atoms with E-state index in [1.54, 1.807) is 0 Å². The molecular weight excluding hydrogens is 307 g/mol. The van der Waals surface area contributed by atoms with E-state index in [4.69, 9.17) is 32.7 Å². The first-order chi connectivity index (χ1) is 9.88. The molecule has 0 heterocycles. The molecule has 0 spiro atoms. The molecule has 112 valence electrons. The summed E-state index contributed by atoms with van der Waals surface area (Å²) in [6, 6.07) is 7.60. The predicted octanol–water partition coefficient (Wildman–Crippen LogP) is 5.64. The minimum Gasteiger partial charge on any atom is -0.457 e. The number of rotatable bonds is 4. The van der Waals surface area contributed by atoms with Crippen LogP contribution >= 0.6 is 23.2 Å². The number of hydrogen-bond acceptors (Lipinski definition) is 2. The largest absolute Gasteiger partial charge is 0.457 e. The molecule has 21 heavy (non-hydrogen) atoms. The summed E-state index contributed by atoms with van der Waals surface area (Å²) in [4.78, 5) is 0. The summed E-state index contributed by atoms with van der Waals surface area (Å²) in [5, 5.41) is 1.54. The molecule has 0 saturated carbocycles. The summed E-state index contributed by atoms with van der Waals surface area (Å²) in [6.07, 6.45) is 0. The zero-order valence-electron chi connectivity index (χ0n) is 12.6. The van der Waals surface area contributed by atoms with Gasteiger partial charge in [-0.2, -0.15) is 0 Å². The number of halogens is 2. The molecule has 2 rings (SSSR count). The monoisotopic (exact) mass is 324 g/mol. The molecule has 0 aliphatic heterocycles. The smallest absolute Gasteiger partial charge is 0.230 e. The van der Waals surface area contributed by atoms with Crippen molar-refractivity contribution in [2.75, 3.05) is 6.79 Å². The molecule has 0 unspecified atom stereocenters. The minimum atomic E-state index is 0.140. The molecule has 2 nitrogen and oxygen atoms in total. The maximum atomic E-state index is 6.13. The maximum Gasteiger partial charge on any atom is 0.230 e. The Labute approximate surface area is 135 Å². The Hall–Kier alpha value is -1.38. The van der Waals surface area contributed by atoms with Crippen molar-refractivity contribution in [1.82, 2.24) is 0 Å². The number of hydrogen-bond donors (Lipinski definition) is 0. The van der Waals surface area contributed by atoms with Gasteiger partial charge in [0, 0.05) is 10.0 Å². The first-order valence-corrected chi connectivity index (χ1v) is 7.43. The van der Waals surface area contributed by atoms with Gasteiger partial charge in [0.15, 0.2) is 0 Å². The van der Waals surface area contributed by atoms with Gasteiger partial charge in [0.25, 0.3) is 0 Å². The van der Waals surface area contributed by atoms with Crippen LogP contribution in [0.5, 0.6) is 11.5 Å². The Kier molecular flexibility index (Phi) is 5.02. The molecule has 0 fully saturated rings. The average Bonchev–Trinajstić information content (AvgIpc) is 2.42. The molecule has 0 aliphatic carbocycles. The lowest BCUT2D eigenvalue weighted by Gasteiger charge is -2.12. The van der Waals surface area contributed by atoms with Crippen LogP contribution in [0.4, 0.5) is 0 Å². The summed E-state index contributed by atoms with van der Waals surface area (Å²) in [5.41, 5.74) is 3.96. The molecule has 0 saturated heterocycles. The van der Waals surface area contributed by atoms with Crippen molar-refractivity contribution < 1.29 is 9.47 Å². The first-order valence-electron chi connectivity index (χ1n) is 6.67. The van der Waals surface area contributed by atoms with E-state index in [1.807, 2.05) is 52.0 Å². The molecule has 0 radical (unpaired) electrons. The van der Waals surface area contributed by atoms with Crippen LogP contribution in [0.25, 0.3) is 0 Å². The van der Waals surface area contributed by atoms with Gasteiger partial charge < -0.3 is 9.47 Å². The molecule has 0 aliphatic rings. The van der Waals surface area contributed by atoms with Crippen molar-refractivity contribution in [3.8, 4) is 11.5 Å². The van der Waals surface area contributed by atoms with Gasteiger partial charge in [0.2, 0.25) is 6.79 Å². The van der Waals surface area contributed by atoms with E-state index in [0.717, 1.165) is 43.8 Å². The predicted molar refractivity (Wildman–Crippen MR) is 88.0 cm³/mol. The second-order valence-electron chi connectivity index (χ2n) is 5.15. The maximum absolute atomic E-state index is 6.13. The quantitative estimate of drug-likeness (QED) is 0.677. The fourth-order valence-electron chi connectivity index (χ4n) is 2.14. The molecule has 0 N–H and O–H groups in total. The molecule has 0 amide bonds. The average molecular weight is 325 g/mol. The number of benzene rings is 2. The van der Waals surface area contributed by atoms with E-state index in [0.29, 0.717) is 0 Å². The molecule has 2 aromatic carbocycles. The van der Waals surface area contributed by atoms with Gasteiger partial charge in [-0.25, -0.2) is 0 Å². The third kappa shape index (κ3) is 3.84. The summed E-state index contributed by atoms with van der Waals surface area (Å²) >= 11 is 12.3. The molecule has 2 aromatic rings. The Bertz CT molecular complexity index is 562. The lowest BCUT2D eigenvalue weighted by Crippen LogP contribution is -2.06. The topological polar surface area (TPSA) is 18.5 Å². The Balaban J connectivity index is 2.02. The fourth-order valence-corrected chi connectivity index (χ4v) is 2.36. The zero-order valence-corrected chi connectivity index (χ0v) is 14.1. The summed E-state index contributed by atoms with van der Waals surface area (Å²) in [5.74, 6) is 1.49. The van der Waals surface area contributed by atoms with Crippen molar-refractivity contribution >= 4 is 23.2 Å². The van der Waals surface area contributed by atoms with Crippen molar-refractivity contribution in [3.05, 3.63) is 56.6 Å². The normalized spacial score (nSPS) is 10.6. The summed E-state index contributed by atoms with van der Waals surface area (Å²) in [6.45, 7) is 7.95. The van der Waals surface area contributed by atoms with E-state index >= 15 is 0 Å². The van der Waals surface area contributed by atoms with Crippen LogP contribution in [-0.2, 0) is 0 Å². The van der Waals surface area contributed by atoms with Crippen molar-refractivity contribution in [1.29, 1.82) is 0 Å². The number of aryl methyl sites for hydroxylation is 4. The van der Waals surface area contributed by atoms with Crippen LogP contribution in [-0.4, -0.2) is 6.79 Å². The van der Waals surface area contributed by atoms with E-state index in [2.05, 4.69) is 0 Å². The van der Waals surface area contributed by atoms with E-state index in [9.17, 15) is 0 Å². The Morgan fingerprint density at radius 3 is 1.24 bits per heavy atom. The van der Waals surface area contributed by atoms with Crippen LogP contribution in [0, 0.1) is 27.7 Å². The van der Waals surface area contributed by atoms with Gasteiger partial charge in [0.05, 0.1) is 0 Å². The highest BCUT2D eigenvalue weighted by Gasteiger charge is 2.06. The fraction of sp³-hybridized carbons (Fsp3) is 0.294. The highest BCUT2D eigenvalue weighted by molar-refractivity contribution is 6.32. The molecule has 0 bridgehead atoms. The van der Waals surface area contributed by atoms with E-state index in [-0.39, 0.29) is 6.79 Å². The standard InChI is InChI=1S/C17H18Cl2O2/c1-10-5-14(6-11(2)16(10)18)20-9-21-15-7-12(3)17(19)13(4)8-15/h5-8H,9H2,1-4H3. The van der Waals surface area contributed by atoms with E-state index in [1.165, 1.54) is 0 Å². The second kappa shape index (κ2) is 6.59. The van der Waals surface area contributed by atoms with Gasteiger partial charge in [-0.15, -0.1) is 0 Å². The number of ether oxygens (including phenoxy) is 2. The molecule has 0 atom stereocenters. The van der Waals surface area contributed by atoms with Crippen LogP contribution in [0.3, 0.4) is 0 Å². The van der Waals surface area contributed by atoms with Gasteiger partial charge in [0.1, 0.15) is 11.5 Å². The highest BCUT2D eigenvalue weighted by atomic mass is 35.5. The third-order valence-electron chi connectivity index (χ3n) is 3.27. The first kappa shape index (κ1) is 16.0. The summed E-state index contributed by atoms with van der Waals surface area (Å²) in [7, 11) is 0. The lowest BCUT2D eigenvalue weighted by atomic mass is 10.1. The third-order valence-corrected chi connectivity index (χ3v) is 4.46. The van der Waals surface area contributed by atoms with Gasteiger partial charge in [-0.1, -0.05) is 23.2 Å². The molecule has 4 heteroatoms. The van der Waals surface area contributed by atoms with Gasteiger partial charge in [-0.05, 0) is 74.2 Å². The van der Waals surface area contributed by atoms with Crippen molar-refractivity contribution in [3.63, 3.8) is 0 Å². The lowest BCUT2D eigenvalue weighted by molar-refractivity contribution is 0.119. The Morgan fingerprint density at radius 1 is 0.667 bits per heavy atom. The van der Waals surface area contributed by atoms with Crippen LogP contribution < -0.4 is 9.47 Å². The van der Waals surface area contributed by atoms with Crippen molar-refractivity contribution in [2.45, 2.75) is 27.7 Å². The Morgan fingerprint density at radius 2 is 0.952 bits per heavy atom. The van der Waals surface area contributed by atoms with Crippen LogP contribution in [0.15, 0.2) is 24.3 Å². The second-order valence-corrected chi connectivity index (χ2v) is 5.90. The zero-order chi connectivity index (χ0) is 15.6. The minimum absolute atomic E-state index is 0.140. The SMILES string of the molecule is Cc1cc(OCOc2cc(C)c(Cl)c(C)c2)cc(C)c1Cl. The summed E-state index contributed by atoms with van der Waals surface area (Å²) < 4.78 is 11.2. The molecular formula is C17H18Cl2O2. The van der Waals surface area contributed by atoms with Crippen molar-refractivity contribution in [2.24, 2.45) is 0 Å². The molecule has 0 aromatic heterocycles. The van der Waals surface area contributed by atoms with Crippen LogP contribution in [0.2, 0.25) is 10.0 Å². The van der Waals surface area contributed by atoms with Gasteiger partial charge >= 0.3 is 0 Å².